The Hall–Kier alpha value is -1.98. The van der Waals surface area contributed by atoms with Crippen molar-refractivity contribution in [2.24, 2.45) is 5.11 Å². The summed E-state index contributed by atoms with van der Waals surface area (Å²) in [5.41, 5.74) is 9.37. The quantitative estimate of drug-likeness (QED) is 0.450. The molecule has 0 saturated carbocycles. The van der Waals surface area contributed by atoms with Gasteiger partial charge in [0.05, 0.1) is 0 Å². The molecule has 2 aromatic rings. The largest absolute Gasteiger partial charge is 0.151 e. The lowest BCUT2D eigenvalue weighted by atomic mass is 10.1. The lowest BCUT2D eigenvalue weighted by Gasteiger charge is -2.05. The van der Waals surface area contributed by atoms with E-state index in [0.29, 0.717) is 5.01 Å². The first-order valence-corrected chi connectivity index (χ1v) is 4.93. The minimum absolute atomic E-state index is 0.434. The van der Waals surface area contributed by atoms with E-state index in [1.165, 1.54) is 0 Å². The Bertz CT molecular complexity index is 461. The van der Waals surface area contributed by atoms with E-state index < -0.39 is 6.04 Å². The standard InChI is InChI=1S/C8H6N6S/c9-12-10-7(8-11-13-14-15-8)6-4-2-1-3-5-6/h1-5,7H. The van der Waals surface area contributed by atoms with Gasteiger partial charge in [0.15, 0.2) is 5.01 Å². The fourth-order valence-electron chi connectivity index (χ4n) is 1.19. The maximum absolute atomic E-state index is 8.49. The van der Waals surface area contributed by atoms with Gasteiger partial charge in [-0.2, -0.15) is 0 Å². The molecule has 74 valence electrons. The molecule has 1 aromatic carbocycles. The van der Waals surface area contributed by atoms with Crippen LogP contribution in [0, 0.1) is 0 Å². The first-order valence-electron chi connectivity index (χ1n) is 4.16. The van der Waals surface area contributed by atoms with Crippen molar-refractivity contribution in [1.29, 1.82) is 0 Å². The molecule has 1 unspecified atom stereocenters. The molecule has 1 aromatic heterocycles. The second-order valence-corrected chi connectivity index (χ2v) is 3.48. The van der Waals surface area contributed by atoms with E-state index >= 15 is 0 Å². The molecule has 1 atom stereocenters. The van der Waals surface area contributed by atoms with Crippen molar-refractivity contribution in [3.8, 4) is 0 Å². The molecule has 0 fully saturated rings. The zero-order chi connectivity index (χ0) is 10.5. The molecule has 0 N–H and O–H groups in total. The van der Waals surface area contributed by atoms with E-state index in [9.17, 15) is 0 Å². The van der Waals surface area contributed by atoms with E-state index in [0.717, 1.165) is 17.1 Å². The van der Waals surface area contributed by atoms with Crippen LogP contribution >= 0.6 is 11.5 Å². The molecule has 0 saturated heterocycles. The van der Waals surface area contributed by atoms with E-state index in [2.05, 4.69) is 24.8 Å². The Morgan fingerprint density at radius 3 is 2.73 bits per heavy atom. The van der Waals surface area contributed by atoms with Crippen molar-refractivity contribution in [3.63, 3.8) is 0 Å². The van der Waals surface area contributed by atoms with Gasteiger partial charge in [-0.25, -0.2) is 0 Å². The summed E-state index contributed by atoms with van der Waals surface area (Å²) in [6.07, 6.45) is 0. The minimum Gasteiger partial charge on any atom is -0.121 e. The SMILES string of the molecule is [N-]=[N+]=NC(c1ccccc1)c1nnns1. The Kier molecular flexibility index (Phi) is 2.87. The highest BCUT2D eigenvalue weighted by Gasteiger charge is 2.15. The van der Waals surface area contributed by atoms with Gasteiger partial charge in [-0.15, -0.1) is 5.10 Å². The van der Waals surface area contributed by atoms with Crippen LogP contribution in [0.25, 0.3) is 10.4 Å². The molecule has 0 amide bonds. The Morgan fingerprint density at radius 2 is 2.13 bits per heavy atom. The summed E-state index contributed by atoms with van der Waals surface area (Å²) >= 11 is 1.13. The molecule has 0 aliphatic carbocycles. The van der Waals surface area contributed by atoms with Gasteiger partial charge in [-0.1, -0.05) is 39.9 Å². The van der Waals surface area contributed by atoms with Gasteiger partial charge < -0.3 is 0 Å². The van der Waals surface area contributed by atoms with E-state index in [4.69, 9.17) is 5.53 Å². The second-order valence-electron chi connectivity index (χ2n) is 2.72. The summed E-state index contributed by atoms with van der Waals surface area (Å²) in [6, 6.07) is 8.97. The predicted molar refractivity (Wildman–Crippen MR) is 55.1 cm³/mol. The number of azide groups is 1. The first kappa shape index (κ1) is 9.57. The maximum atomic E-state index is 8.49. The smallest absolute Gasteiger partial charge is 0.121 e. The minimum atomic E-state index is -0.434. The van der Waals surface area contributed by atoms with Gasteiger partial charge in [0.25, 0.3) is 0 Å². The molecule has 6 nitrogen and oxygen atoms in total. The van der Waals surface area contributed by atoms with Crippen LogP contribution in [0.4, 0.5) is 0 Å². The highest BCUT2D eigenvalue weighted by Crippen LogP contribution is 2.25. The van der Waals surface area contributed by atoms with Crippen LogP contribution in [0.1, 0.15) is 16.6 Å². The number of hydrogen-bond donors (Lipinski definition) is 0. The van der Waals surface area contributed by atoms with Crippen molar-refractivity contribution in [2.75, 3.05) is 0 Å². The van der Waals surface area contributed by atoms with Crippen molar-refractivity contribution in [3.05, 3.63) is 51.3 Å². The van der Waals surface area contributed by atoms with Crippen molar-refractivity contribution < 1.29 is 0 Å². The molecule has 2 rings (SSSR count). The van der Waals surface area contributed by atoms with Gasteiger partial charge in [-0.05, 0) is 16.3 Å². The van der Waals surface area contributed by atoms with E-state index in [1.807, 2.05) is 30.3 Å². The van der Waals surface area contributed by atoms with Crippen molar-refractivity contribution >= 4 is 11.5 Å². The van der Waals surface area contributed by atoms with Crippen LogP contribution in [0.3, 0.4) is 0 Å². The van der Waals surface area contributed by atoms with Crippen molar-refractivity contribution in [2.45, 2.75) is 6.04 Å². The van der Waals surface area contributed by atoms with Crippen LogP contribution in [0.15, 0.2) is 35.4 Å². The summed E-state index contributed by atoms with van der Waals surface area (Å²) in [4.78, 5) is 2.80. The molecule has 0 radical (unpaired) electrons. The fourth-order valence-corrected chi connectivity index (χ4v) is 1.70. The third-order valence-electron chi connectivity index (χ3n) is 1.83. The summed E-state index contributed by atoms with van der Waals surface area (Å²) in [6.45, 7) is 0. The number of nitrogens with zero attached hydrogens (tertiary/aromatic N) is 6. The van der Waals surface area contributed by atoms with Crippen molar-refractivity contribution in [1.82, 2.24) is 14.8 Å². The lowest BCUT2D eigenvalue weighted by molar-refractivity contribution is 0.807. The molecule has 1 heterocycles. The van der Waals surface area contributed by atoms with Crippen LogP contribution in [0.2, 0.25) is 0 Å². The monoisotopic (exact) mass is 218 g/mol. The number of hydrogen-bond acceptors (Lipinski definition) is 5. The van der Waals surface area contributed by atoms with Crippen LogP contribution in [-0.2, 0) is 0 Å². The summed E-state index contributed by atoms with van der Waals surface area (Å²) in [7, 11) is 0. The van der Waals surface area contributed by atoms with Crippen LogP contribution in [-0.4, -0.2) is 14.8 Å². The van der Waals surface area contributed by atoms with Gasteiger partial charge in [0, 0.05) is 16.4 Å². The van der Waals surface area contributed by atoms with E-state index in [-0.39, 0.29) is 0 Å². The van der Waals surface area contributed by atoms with Gasteiger partial charge in [-0.3, -0.25) is 0 Å². The number of rotatable bonds is 3. The topological polar surface area (TPSA) is 87.4 Å². The zero-order valence-electron chi connectivity index (χ0n) is 7.56. The normalized spacial score (nSPS) is 11.7. The Labute approximate surface area is 89.4 Å². The Morgan fingerprint density at radius 1 is 1.33 bits per heavy atom. The summed E-state index contributed by atoms with van der Waals surface area (Å²) in [5.74, 6) is 0. The zero-order valence-corrected chi connectivity index (χ0v) is 8.37. The molecule has 0 aliphatic heterocycles. The van der Waals surface area contributed by atoms with Crippen LogP contribution in [0.5, 0.6) is 0 Å². The van der Waals surface area contributed by atoms with Gasteiger partial charge in [0.1, 0.15) is 6.04 Å². The summed E-state index contributed by atoms with van der Waals surface area (Å²) < 4.78 is 3.65. The molecule has 0 bridgehead atoms. The molecule has 7 heteroatoms. The number of aromatic nitrogens is 3. The van der Waals surface area contributed by atoms with Crippen LogP contribution < -0.4 is 0 Å². The highest BCUT2D eigenvalue weighted by atomic mass is 32.1. The third-order valence-corrected chi connectivity index (χ3v) is 2.48. The highest BCUT2D eigenvalue weighted by molar-refractivity contribution is 7.05. The molecule has 0 aliphatic rings. The van der Waals surface area contributed by atoms with Gasteiger partial charge >= 0.3 is 0 Å². The average Bonchev–Trinajstić information content (AvgIpc) is 2.80. The second kappa shape index (κ2) is 4.50. The molecule has 0 spiro atoms. The van der Waals surface area contributed by atoms with Gasteiger partial charge in [0.2, 0.25) is 0 Å². The maximum Gasteiger partial charge on any atom is 0.151 e. The Balaban J connectivity index is 2.41. The fraction of sp³-hybridized carbons (Fsp3) is 0.125. The molecule has 15 heavy (non-hydrogen) atoms. The lowest BCUT2D eigenvalue weighted by Crippen LogP contribution is -1.96. The number of benzene rings is 1. The average molecular weight is 218 g/mol. The van der Waals surface area contributed by atoms with E-state index in [1.54, 1.807) is 0 Å². The molecular formula is C8H6N6S. The molecular weight excluding hydrogens is 212 g/mol. The third kappa shape index (κ3) is 2.09. The summed E-state index contributed by atoms with van der Waals surface area (Å²) in [5, 5.41) is 11.6. The first-order chi connectivity index (χ1) is 7.42. The predicted octanol–water partition coefficient (Wildman–Crippen LogP) is 2.33.